The molecule has 0 radical (unpaired) electrons. The maximum Gasteiger partial charge on any atom is 0.423 e. The molecule has 0 spiro atoms. The van der Waals surface area contributed by atoms with E-state index in [1.807, 2.05) is 21.6 Å². The number of rotatable bonds is 16. The lowest BCUT2D eigenvalue weighted by atomic mass is 9.90. The molecule has 8 rings (SSSR count). The summed E-state index contributed by atoms with van der Waals surface area (Å²) in [7, 11) is 0. The minimum atomic E-state index is -4.99. The number of alkyl halides is 12. The third-order valence-electron chi connectivity index (χ3n) is 16.0. The number of nitrogens with one attached hydrogen (secondary N) is 2. The second kappa shape index (κ2) is 25.1. The second-order valence-corrected chi connectivity index (χ2v) is 21.9. The van der Waals surface area contributed by atoms with Gasteiger partial charge in [-0.3, -0.25) is 29.9 Å². The summed E-state index contributed by atoms with van der Waals surface area (Å²) in [5, 5.41) is 28.4. The van der Waals surface area contributed by atoms with E-state index in [1.54, 1.807) is 4.90 Å². The molecule has 2 N–H and O–H groups in total. The van der Waals surface area contributed by atoms with Gasteiger partial charge in [0.05, 0.1) is 26.0 Å². The molecule has 4 heterocycles. The summed E-state index contributed by atoms with van der Waals surface area (Å²) in [6, 6.07) is 11.7. The normalized spacial score (nSPS) is 18.2. The van der Waals surface area contributed by atoms with Crippen molar-refractivity contribution in [2.24, 2.45) is 11.8 Å². The summed E-state index contributed by atoms with van der Waals surface area (Å²) < 4.78 is 170. The van der Waals surface area contributed by atoms with Crippen molar-refractivity contribution in [3.8, 4) is 11.1 Å². The summed E-state index contributed by atoms with van der Waals surface area (Å²) in [6.45, 7) is 6.79. The topological polar surface area (TPSA) is 144 Å². The van der Waals surface area contributed by atoms with E-state index in [0.717, 1.165) is 30.3 Å². The van der Waals surface area contributed by atoms with Crippen molar-refractivity contribution in [3.63, 3.8) is 0 Å². The van der Waals surface area contributed by atoms with Gasteiger partial charge in [-0.15, -0.1) is 0 Å². The fourth-order valence-corrected chi connectivity index (χ4v) is 11.8. The van der Waals surface area contributed by atoms with Gasteiger partial charge in [0, 0.05) is 131 Å². The minimum absolute atomic E-state index is 0.0779. The van der Waals surface area contributed by atoms with Crippen molar-refractivity contribution in [1.29, 1.82) is 0 Å². The first-order valence-corrected chi connectivity index (χ1v) is 27.4. The number of nitrogens with zero attached hydrogens (tertiary/aromatic N) is 7. The number of piperazine rings is 1. The fourth-order valence-electron chi connectivity index (χ4n) is 11.6. The van der Waals surface area contributed by atoms with Crippen molar-refractivity contribution >= 4 is 57.2 Å². The summed E-state index contributed by atoms with van der Waals surface area (Å²) in [6.07, 6.45) is -15.1. The minimum Gasteiger partial charge on any atom is -0.382 e. The van der Waals surface area contributed by atoms with Crippen LogP contribution in [0.3, 0.4) is 0 Å². The Balaban J connectivity index is 0.822. The fraction of sp³-hybridized carbons (Fsp3) is 0.527. The number of carbonyl (C=O) groups excluding carboxylic acids is 1. The molecule has 0 aromatic heterocycles. The summed E-state index contributed by atoms with van der Waals surface area (Å²) in [5.74, 6) is -0.00468. The first-order chi connectivity index (χ1) is 38.5. The molecule has 4 fully saturated rings. The molecule has 0 saturated carbocycles. The van der Waals surface area contributed by atoms with Crippen molar-refractivity contribution < 1.29 is 67.3 Å². The zero-order valence-corrected chi connectivity index (χ0v) is 45.3. The molecular formula is C55H61F12N9O5S. The highest BCUT2D eigenvalue weighted by molar-refractivity contribution is 7.80. The number of hydrogen-bond acceptors (Lipinski definition) is 11. The lowest BCUT2D eigenvalue weighted by molar-refractivity contribution is -0.388. The van der Waals surface area contributed by atoms with E-state index in [4.69, 9.17) is 12.2 Å². The maximum atomic E-state index is 14.8. The Hall–Kier alpha value is -6.64. The van der Waals surface area contributed by atoms with Gasteiger partial charge >= 0.3 is 24.7 Å². The van der Waals surface area contributed by atoms with Crippen molar-refractivity contribution in [2.45, 2.75) is 102 Å². The molecule has 1 unspecified atom stereocenters. The number of thiocarbonyl (C=S) groups is 1. The van der Waals surface area contributed by atoms with Crippen LogP contribution < -0.4 is 20.4 Å². The first-order valence-electron chi connectivity index (χ1n) is 27.0. The summed E-state index contributed by atoms with van der Waals surface area (Å²) >= 11 is 5.86. The van der Waals surface area contributed by atoms with E-state index in [-0.39, 0.29) is 47.6 Å². The monoisotopic (exact) mass is 1190 g/mol. The van der Waals surface area contributed by atoms with Crippen molar-refractivity contribution in [3.05, 3.63) is 115 Å². The van der Waals surface area contributed by atoms with Crippen LogP contribution in [-0.2, 0) is 29.5 Å². The van der Waals surface area contributed by atoms with Crippen LogP contribution in [0.25, 0.3) is 11.1 Å². The molecule has 4 aliphatic rings. The van der Waals surface area contributed by atoms with Gasteiger partial charge in [0.25, 0.3) is 11.4 Å². The molecular weight excluding hydrogens is 1130 g/mol. The average Bonchev–Trinajstić information content (AvgIpc) is 3.56. The Kier molecular flexibility index (Phi) is 18.8. The number of amides is 1. The van der Waals surface area contributed by atoms with Crippen LogP contribution in [0, 0.1) is 32.1 Å². The third kappa shape index (κ3) is 15.1. The van der Waals surface area contributed by atoms with E-state index in [0.29, 0.717) is 146 Å². The van der Waals surface area contributed by atoms with Gasteiger partial charge in [-0.2, -0.15) is 52.7 Å². The standard InChI is InChI=1S/C55H61F12N9O5S/c1-34(51(82)74-23-17-37(18-24-74)69-39-6-12-49(76(80)81)47(30-39)55(65,66)67)33-70-25-27-72(28-26-70)41-8-10-45(53(59,60)61)43(32-41)42-31-40(7-9-44(42)52(56,57)58)71-19-13-35(14-20-71)3-2-4-50(77)73-21-15-36(16-22-73)68-38-5-11-48(75(78)79)46(29-38)54(62,63)64/h5-12,29-32,34-37,68-69H,2-4,13-28,33H2,1H3. The lowest BCUT2D eigenvalue weighted by Crippen LogP contribution is -2.50. The average molecular weight is 1190 g/mol. The van der Waals surface area contributed by atoms with Gasteiger partial charge in [0.2, 0.25) is 5.91 Å². The Morgan fingerprint density at radius 3 is 1.39 bits per heavy atom. The Morgan fingerprint density at radius 1 is 0.561 bits per heavy atom. The molecule has 1 atom stereocenters. The second-order valence-electron chi connectivity index (χ2n) is 21.5. The van der Waals surface area contributed by atoms with E-state index in [9.17, 15) is 77.7 Å². The molecule has 14 nitrogen and oxygen atoms in total. The van der Waals surface area contributed by atoms with Crippen LogP contribution in [0.4, 0.5) is 86.8 Å². The van der Waals surface area contributed by atoms with Crippen LogP contribution in [0.5, 0.6) is 0 Å². The van der Waals surface area contributed by atoms with E-state index in [1.165, 1.54) is 36.4 Å². The van der Waals surface area contributed by atoms with Gasteiger partial charge in [0.1, 0.15) is 11.1 Å². The number of likely N-dealkylation sites (tertiary alicyclic amines) is 2. The number of piperidine rings is 3. The van der Waals surface area contributed by atoms with Gasteiger partial charge in [-0.1, -0.05) is 19.1 Å². The molecule has 1 amide bonds. The molecule has 4 saturated heterocycles. The van der Waals surface area contributed by atoms with Crippen molar-refractivity contribution in [1.82, 2.24) is 14.7 Å². The lowest BCUT2D eigenvalue weighted by Gasteiger charge is -2.40. The first kappa shape index (κ1) is 61.4. The number of benzene rings is 4. The van der Waals surface area contributed by atoms with Crippen LogP contribution in [-0.4, -0.2) is 120 Å². The number of nitro groups is 2. The van der Waals surface area contributed by atoms with Gasteiger partial charge in [-0.25, -0.2) is 0 Å². The molecule has 4 aliphatic heterocycles. The molecule has 27 heteroatoms. The highest BCUT2D eigenvalue weighted by atomic mass is 32.1. The quantitative estimate of drug-likeness (QED) is 0.0477. The van der Waals surface area contributed by atoms with E-state index >= 15 is 0 Å². The number of halogens is 12. The maximum absolute atomic E-state index is 14.8. The summed E-state index contributed by atoms with van der Waals surface area (Å²) in [4.78, 5) is 43.6. The highest BCUT2D eigenvalue weighted by Gasteiger charge is 2.42. The number of nitro benzene ring substituents is 2. The number of carbonyl (C=O) groups is 1. The number of hydrogen-bond donors (Lipinski definition) is 2. The van der Waals surface area contributed by atoms with E-state index in [2.05, 4.69) is 15.5 Å². The Bertz CT molecular complexity index is 2950. The van der Waals surface area contributed by atoms with Crippen LogP contribution >= 0.6 is 12.2 Å². The van der Waals surface area contributed by atoms with Crippen molar-refractivity contribution in [2.75, 3.05) is 92.4 Å². The SMILES string of the molecule is CC(CN1CCN(c2ccc(C(F)(F)F)c(-c3cc(N4CCC(CCCC(=O)N5CCC(Nc6ccc([N+](=O)[O-])c(C(F)(F)F)c6)CC5)CC4)ccc3C(F)(F)F)c2)CC1)C(=S)N1CCC(Nc2ccc([N+](=O)[O-])c(C(F)(F)F)c2)CC1. The van der Waals surface area contributed by atoms with E-state index < -0.39 is 79.3 Å². The van der Waals surface area contributed by atoms with Crippen LogP contribution in [0.2, 0.25) is 0 Å². The molecule has 4 aromatic rings. The molecule has 0 aliphatic carbocycles. The molecule has 82 heavy (non-hydrogen) atoms. The predicted octanol–water partition coefficient (Wildman–Crippen LogP) is 13.4. The molecule has 4 aromatic carbocycles. The summed E-state index contributed by atoms with van der Waals surface area (Å²) in [5.41, 5.74) is -7.51. The molecule has 0 bridgehead atoms. The van der Waals surface area contributed by atoms with Crippen LogP contribution in [0.1, 0.15) is 87.0 Å². The van der Waals surface area contributed by atoms with Crippen LogP contribution in [0.15, 0.2) is 72.8 Å². The smallest absolute Gasteiger partial charge is 0.382 e. The zero-order chi connectivity index (χ0) is 59.5. The molecule has 446 valence electrons. The Labute approximate surface area is 470 Å². The highest BCUT2D eigenvalue weighted by Crippen LogP contribution is 2.46. The van der Waals surface area contributed by atoms with Gasteiger partial charge in [-0.05, 0) is 129 Å². The van der Waals surface area contributed by atoms with Gasteiger partial charge < -0.3 is 30.2 Å². The third-order valence-corrected chi connectivity index (χ3v) is 16.6. The van der Waals surface area contributed by atoms with Gasteiger partial charge in [0.15, 0.2) is 0 Å². The predicted molar refractivity (Wildman–Crippen MR) is 289 cm³/mol. The largest absolute Gasteiger partial charge is 0.423 e. The zero-order valence-electron chi connectivity index (χ0n) is 44.5. The Morgan fingerprint density at radius 2 is 0.976 bits per heavy atom. The number of anilines is 4.